The second-order valence-electron chi connectivity index (χ2n) is 11.2. The number of pyridine rings is 2. The molecule has 6 aromatic rings. The minimum absolute atomic E-state index is 0.0434. The number of aliphatic imine (C=N–C) groups is 1. The largest absolute Gasteiger partial charge is 0.858 e. The van der Waals surface area contributed by atoms with Crippen molar-refractivity contribution >= 4 is 33.3 Å². The minimum atomic E-state index is -0.224. The molecule has 0 aliphatic carbocycles. The van der Waals surface area contributed by atoms with E-state index in [4.69, 9.17) is 0 Å². The van der Waals surface area contributed by atoms with Crippen molar-refractivity contribution in [3.63, 3.8) is 0 Å². The number of aromatic nitrogens is 2. The highest BCUT2D eigenvalue weighted by molar-refractivity contribution is 5.87. The van der Waals surface area contributed by atoms with Crippen LogP contribution in [0.25, 0.3) is 32.7 Å². The molecule has 0 radical (unpaired) electrons. The van der Waals surface area contributed by atoms with Crippen LogP contribution in [0.5, 0.6) is 0 Å². The standard InChI is InChI=1S/C38H34N4O2/c1-27(33-15-7-11-31-9-3-5-13-35(31)33)39-37(43)25-41-21-17-29(18-22-41)30-19-23-42(24-20-30)26-38(44)40-28(2)34-16-8-12-32-10-4-6-14-36(32)34/h3-24,27-28H,25-26H2,1-2H3/p+2/t27-,28+. The van der Waals surface area contributed by atoms with Crippen LogP contribution < -0.4 is 19.2 Å². The Kier molecular flexibility index (Phi) is 8.41. The summed E-state index contributed by atoms with van der Waals surface area (Å²) in [6.45, 7) is 4.55. The zero-order chi connectivity index (χ0) is 30.5. The van der Waals surface area contributed by atoms with Gasteiger partial charge in [0.1, 0.15) is 0 Å². The minimum Gasteiger partial charge on any atom is -0.858 e. The zero-order valence-electron chi connectivity index (χ0n) is 25.0. The topological polar surface area (TPSA) is 77.4 Å². The third-order valence-corrected chi connectivity index (χ3v) is 8.05. The van der Waals surface area contributed by atoms with E-state index < -0.39 is 0 Å². The molecule has 0 aliphatic rings. The third-order valence-electron chi connectivity index (χ3n) is 8.05. The van der Waals surface area contributed by atoms with Gasteiger partial charge in [0.2, 0.25) is 0 Å². The van der Waals surface area contributed by atoms with E-state index in [2.05, 4.69) is 59.4 Å². The molecule has 4 aromatic carbocycles. The lowest BCUT2D eigenvalue weighted by Crippen LogP contribution is -2.75. The van der Waals surface area contributed by atoms with Crippen molar-refractivity contribution in [2.45, 2.75) is 39.0 Å². The molecule has 0 spiro atoms. The molecule has 0 fully saturated rings. The number of hydrogen-bond donors (Lipinski definition) is 2. The maximum absolute atomic E-state index is 12.8. The van der Waals surface area contributed by atoms with Crippen LogP contribution in [0.15, 0.2) is 139 Å². The predicted molar refractivity (Wildman–Crippen MR) is 173 cm³/mol. The van der Waals surface area contributed by atoms with Gasteiger partial charge in [-0.2, -0.15) is 4.57 Å². The summed E-state index contributed by atoms with van der Waals surface area (Å²) in [5.41, 5.74) is 4.29. The monoisotopic (exact) mass is 580 g/mol. The first kappa shape index (κ1) is 28.7. The van der Waals surface area contributed by atoms with Crippen LogP contribution in [0.2, 0.25) is 0 Å². The van der Waals surface area contributed by atoms with Gasteiger partial charge >= 0.3 is 5.90 Å². The van der Waals surface area contributed by atoms with E-state index in [0.717, 1.165) is 33.0 Å². The van der Waals surface area contributed by atoms with E-state index >= 15 is 0 Å². The molecule has 2 atom stereocenters. The Labute approximate surface area is 257 Å². The summed E-state index contributed by atoms with van der Waals surface area (Å²) in [6, 6.07) is 36.6. The highest BCUT2D eigenvalue weighted by atomic mass is 16.3. The number of aliphatic hydroxyl groups is 1. The van der Waals surface area contributed by atoms with Crippen LogP contribution in [0.1, 0.15) is 37.1 Å². The zero-order valence-corrected chi connectivity index (χ0v) is 25.0. The number of rotatable bonds is 9. The molecule has 0 bridgehead atoms. The van der Waals surface area contributed by atoms with Crippen molar-refractivity contribution < 1.29 is 24.3 Å². The molecule has 6 heteroatoms. The van der Waals surface area contributed by atoms with Gasteiger partial charge in [0.15, 0.2) is 37.4 Å². The second kappa shape index (κ2) is 12.9. The molecule has 44 heavy (non-hydrogen) atoms. The fraction of sp³-hybridized carbons (Fsp3) is 0.158. The van der Waals surface area contributed by atoms with Crippen molar-refractivity contribution in [2.24, 2.45) is 4.99 Å². The van der Waals surface area contributed by atoms with E-state index in [-0.39, 0.29) is 30.4 Å². The van der Waals surface area contributed by atoms with E-state index in [1.165, 1.54) is 10.8 Å². The lowest BCUT2D eigenvalue weighted by molar-refractivity contribution is -0.691. The number of nitrogens with zero attached hydrogens (tertiary/aromatic N) is 3. The summed E-state index contributed by atoms with van der Waals surface area (Å²) >= 11 is 0. The molecule has 0 unspecified atom stereocenters. The Morgan fingerprint density at radius 2 is 1.14 bits per heavy atom. The number of benzene rings is 4. The van der Waals surface area contributed by atoms with Crippen LogP contribution in [0, 0.1) is 0 Å². The second-order valence-corrected chi connectivity index (χ2v) is 11.2. The number of fused-ring (bicyclic) bond motifs is 2. The average molecular weight is 581 g/mol. The number of aliphatic hydroxyl groups excluding tert-OH is 1. The van der Waals surface area contributed by atoms with Crippen molar-refractivity contribution in [3.8, 4) is 11.1 Å². The van der Waals surface area contributed by atoms with Crippen molar-refractivity contribution in [1.29, 1.82) is 0 Å². The summed E-state index contributed by atoms with van der Waals surface area (Å²) in [4.78, 5) is 7.71. The Balaban J connectivity index is 1.08. The lowest BCUT2D eigenvalue weighted by atomic mass is 10.00. The molecular weight excluding hydrogens is 544 g/mol. The third kappa shape index (κ3) is 6.50. The molecule has 2 aromatic heterocycles. The van der Waals surface area contributed by atoms with Gasteiger partial charge in [-0.1, -0.05) is 84.9 Å². The van der Waals surface area contributed by atoms with E-state index in [1.807, 2.05) is 108 Å². The average Bonchev–Trinajstić information content (AvgIpc) is 3.04. The van der Waals surface area contributed by atoms with Crippen molar-refractivity contribution in [1.82, 2.24) is 0 Å². The normalized spacial score (nSPS) is 13.7. The fourth-order valence-electron chi connectivity index (χ4n) is 5.78. The molecule has 0 aliphatic heterocycles. The van der Waals surface area contributed by atoms with Crippen LogP contribution in [-0.4, -0.2) is 16.9 Å². The smallest absolute Gasteiger partial charge is 0.400 e. The van der Waals surface area contributed by atoms with Crippen LogP contribution >= 0.6 is 0 Å². The Morgan fingerprint density at radius 1 is 0.659 bits per heavy atom. The Bertz CT molecular complexity index is 1810. The van der Waals surface area contributed by atoms with E-state index in [0.29, 0.717) is 6.54 Å². The highest BCUT2D eigenvalue weighted by Gasteiger charge is 2.18. The van der Waals surface area contributed by atoms with Gasteiger partial charge in [0, 0.05) is 42.7 Å². The van der Waals surface area contributed by atoms with Crippen molar-refractivity contribution in [3.05, 3.63) is 145 Å². The molecule has 6 nitrogen and oxygen atoms in total. The Morgan fingerprint density at radius 3 is 1.73 bits per heavy atom. The van der Waals surface area contributed by atoms with Crippen molar-refractivity contribution in [2.75, 3.05) is 0 Å². The molecule has 0 amide bonds. The van der Waals surface area contributed by atoms with E-state index in [1.54, 1.807) is 0 Å². The fourth-order valence-corrected chi connectivity index (χ4v) is 5.78. The lowest BCUT2D eigenvalue weighted by Gasteiger charge is -2.15. The molecule has 0 saturated carbocycles. The van der Waals surface area contributed by atoms with E-state index in [9.17, 15) is 10.2 Å². The van der Waals surface area contributed by atoms with Gasteiger partial charge in [0.05, 0.1) is 6.04 Å². The number of nitrogens with one attached hydrogen (secondary N) is 1. The first-order valence-electron chi connectivity index (χ1n) is 14.9. The Hall–Kier alpha value is -5.36. The van der Waals surface area contributed by atoms with Gasteiger partial charge in [-0.15, -0.1) is 0 Å². The maximum atomic E-state index is 12.8. The molecular formula is C38H36N4O2+2. The molecule has 2 N–H and O–H groups in total. The first-order valence-corrected chi connectivity index (χ1v) is 14.9. The van der Waals surface area contributed by atoms with Gasteiger partial charge in [-0.05, 0) is 45.2 Å². The summed E-state index contributed by atoms with van der Waals surface area (Å²) < 4.78 is 3.78. The number of hydrogen-bond acceptors (Lipinski definition) is 2. The molecule has 6 rings (SSSR count). The van der Waals surface area contributed by atoms with Gasteiger partial charge in [-0.3, -0.25) is 4.99 Å². The molecule has 218 valence electrons. The first-order chi connectivity index (χ1) is 21.4. The summed E-state index contributed by atoms with van der Waals surface area (Å²) in [5.74, 6) is 0.0390. The maximum Gasteiger partial charge on any atom is 0.400 e. The highest BCUT2D eigenvalue weighted by Crippen LogP contribution is 2.26. The SMILES string of the molecule is C[C@H]([NH+]=C(O)C[n+]1ccc(-c2cc[n+](CC([O-])=N[C@H](C)c3cccc4ccccc34)cc2)cc1)c1cccc2ccccc12. The van der Waals surface area contributed by atoms with Crippen LogP contribution in [0.4, 0.5) is 0 Å². The van der Waals surface area contributed by atoms with Gasteiger partial charge < -0.3 is 10.2 Å². The summed E-state index contributed by atoms with van der Waals surface area (Å²) in [5, 5.41) is 28.1. The van der Waals surface area contributed by atoms with Crippen LogP contribution in [-0.2, 0) is 13.1 Å². The van der Waals surface area contributed by atoms with Crippen LogP contribution in [0.3, 0.4) is 0 Å². The van der Waals surface area contributed by atoms with Gasteiger partial charge in [0.25, 0.3) is 6.54 Å². The summed E-state index contributed by atoms with van der Waals surface area (Å²) in [7, 11) is 0. The quantitative estimate of drug-likeness (QED) is 0.150. The predicted octanol–water partition coefficient (Wildman–Crippen LogP) is 4.55. The molecule has 0 saturated heterocycles. The van der Waals surface area contributed by atoms with Gasteiger partial charge in [-0.25, -0.2) is 9.56 Å². The molecule has 2 heterocycles. The summed E-state index contributed by atoms with van der Waals surface area (Å²) in [6.07, 6.45) is 7.72.